The molecule has 0 radical (unpaired) electrons. The van der Waals surface area contributed by atoms with Crippen molar-refractivity contribution < 1.29 is 43.3 Å². The van der Waals surface area contributed by atoms with Gasteiger partial charge in [0, 0.05) is 12.3 Å². The zero-order chi connectivity index (χ0) is 22.7. The Balaban J connectivity index is 1.71. The molecule has 0 spiro atoms. The van der Waals surface area contributed by atoms with Gasteiger partial charge in [-0.1, -0.05) is 13.8 Å². The van der Waals surface area contributed by atoms with Gasteiger partial charge in [0.2, 0.25) is 0 Å². The van der Waals surface area contributed by atoms with Crippen molar-refractivity contribution in [3.8, 4) is 0 Å². The van der Waals surface area contributed by atoms with Crippen LogP contribution in [0.2, 0.25) is 0 Å². The number of aliphatic hydroxyl groups excluding tert-OH is 1. The summed E-state index contributed by atoms with van der Waals surface area (Å²) in [5.74, 6) is -1.82. The first kappa shape index (κ1) is 22.5. The number of ether oxygens (including phenoxy) is 4. The number of anilines is 1. The van der Waals surface area contributed by atoms with Crippen LogP contribution in [0, 0.1) is 5.92 Å². The van der Waals surface area contributed by atoms with Crippen molar-refractivity contribution in [3.05, 3.63) is 22.7 Å². The Morgan fingerprint density at radius 3 is 2.65 bits per heavy atom. The molecule has 0 saturated carbocycles. The maximum atomic E-state index is 12.5. The van der Waals surface area contributed by atoms with Crippen molar-refractivity contribution >= 4 is 23.9 Å². The van der Waals surface area contributed by atoms with E-state index >= 15 is 0 Å². The van der Waals surface area contributed by atoms with Gasteiger partial charge in [-0.05, 0) is 0 Å². The highest BCUT2D eigenvalue weighted by Gasteiger charge is 2.55. The van der Waals surface area contributed by atoms with E-state index in [1.54, 1.807) is 13.8 Å². The number of esters is 1. The van der Waals surface area contributed by atoms with Gasteiger partial charge >= 0.3 is 23.8 Å². The number of aliphatic hydroxyl groups is 1. The minimum absolute atomic E-state index is 0.0204. The number of carbonyl (C=O) groups excluding carboxylic acids is 3. The first-order chi connectivity index (χ1) is 14.7. The molecule has 170 valence electrons. The highest BCUT2D eigenvalue weighted by Crippen LogP contribution is 2.37. The van der Waals surface area contributed by atoms with Crippen LogP contribution in [0.15, 0.2) is 17.1 Å². The van der Waals surface area contributed by atoms with Gasteiger partial charge in [0.05, 0.1) is 12.5 Å². The van der Waals surface area contributed by atoms with E-state index in [0.29, 0.717) is 0 Å². The number of fused-ring (bicyclic) bond motifs is 1. The standard InChI is InChI=1S/C17H22N4O10/c1-7(2)14(23)31-20-10-3-4-21(16(25)19-10)13-12-11(29-17(26)30-12)9(28-13)6-27-15(24)8(18)5-22/h3-4,7-9,11-13,22H,5-6,18H2,1-2H3,(H,19,20,25)/t8-,9-,11-,12-,13-/m1/s1. The second-order valence-corrected chi connectivity index (χ2v) is 7.08. The molecule has 31 heavy (non-hydrogen) atoms. The summed E-state index contributed by atoms with van der Waals surface area (Å²) in [5.41, 5.74) is 6.86. The predicted molar refractivity (Wildman–Crippen MR) is 98.1 cm³/mol. The molecule has 14 nitrogen and oxygen atoms in total. The van der Waals surface area contributed by atoms with Gasteiger partial charge in [0.1, 0.15) is 18.8 Å². The molecule has 1 aromatic rings. The van der Waals surface area contributed by atoms with E-state index < -0.39 is 61.0 Å². The number of aromatic nitrogens is 2. The fourth-order valence-electron chi connectivity index (χ4n) is 2.81. The summed E-state index contributed by atoms with van der Waals surface area (Å²) in [6.45, 7) is 2.32. The number of hydrogen-bond donors (Lipinski definition) is 3. The summed E-state index contributed by atoms with van der Waals surface area (Å²) >= 11 is 0. The van der Waals surface area contributed by atoms with Crippen LogP contribution in [0.5, 0.6) is 0 Å². The van der Waals surface area contributed by atoms with Crippen LogP contribution in [-0.2, 0) is 33.4 Å². The molecule has 0 bridgehead atoms. The van der Waals surface area contributed by atoms with Gasteiger partial charge in [0.15, 0.2) is 24.3 Å². The summed E-state index contributed by atoms with van der Waals surface area (Å²) < 4.78 is 21.9. The Morgan fingerprint density at radius 1 is 1.29 bits per heavy atom. The number of carbonyl (C=O) groups is 3. The van der Waals surface area contributed by atoms with E-state index in [1.165, 1.54) is 12.3 Å². The molecule has 0 amide bonds. The number of nitrogens with zero attached hydrogens (tertiary/aromatic N) is 2. The fraction of sp³-hybridized carbons (Fsp3) is 0.588. The molecular weight excluding hydrogens is 420 g/mol. The summed E-state index contributed by atoms with van der Waals surface area (Å²) in [6.07, 6.45) is -3.68. The minimum atomic E-state index is -1.23. The average molecular weight is 442 g/mol. The molecule has 0 aromatic carbocycles. The molecular formula is C17H22N4O10. The Bertz CT molecular complexity index is 903. The van der Waals surface area contributed by atoms with Gasteiger partial charge in [-0.3, -0.25) is 9.36 Å². The normalized spacial score (nSPS) is 25.4. The van der Waals surface area contributed by atoms with E-state index in [0.717, 1.165) is 4.57 Å². The van der Waals surface area contributed by atoms with E-state index in [1.807, 2.05) is 0 Å². The lowest BCUT2D eigenvalue weighted by atomic mass is 10.1. The van der Waals surface area contributed by atoms with Crippen LogP contribution in [-0.4, -0.2) is 70.3 Å². The SMILES string of the molecule is CC(C)C(=O)ONc1ccn([C@@H]2O[C@H](COC(=O)[C@H](N)CO)[C@H]3OC(=O)O[C@H]32)c(=O)n1. The Morgan fingerprint density at radius 2 is 2.00 bits per heavy atom. The fourth-order valence-corrected chi connectivity index (χ4v) is 2.81. The molecule has 3 rings (SSSR count). The highest BCUT2D eigenvalue weighted by atomic mass is 16.8. The first-order valence-corrected chi connectivity index (χ1v) is 9.33. The average Bonchev–Trinajstić information content (AvgIpc) is 3.27. The Hall–Kier alpha value is -3.23. The van der Waals surface area contributed by atoms with Gasteiger partial charge in [-0.15, -0.1) is 0 Å². The number of nitrogens with two attached hydrogens (primary N) is 1. The third-order valence-corrected chi connectivity index (χ3v) is 4.47. The third kappa shape index (κ3) is 4.92. The molecule has 1 aromatic heterocycles. The van der Waals surface area contributed by atoms with E-state index in [4.69, 9.17) is 34.6 Å². The molecule has 2 aliphatic rings. The van der Waals surface area contributed by atoms with Gasteiger partial charge in [0.25, 0.3) is 0 Å². The Labute approximate surface area is 175 Å². The first-order valence-electron chi connectivity index (χ1n) is 9.33. The van der Waals surface area contributed by atoms with Crippen molar-refractivity contribution in [2.75, 3.05) is 18.7 Å². The van der Waals surface area contributed by atoms with Crippen molar-refractivity contribution in [1.82, 2.24) is 9.55 Å². The monoisotopic (exact) mass is 442 g/mol. The second kappa shape index (κ2) is 9.28. The van der Waals surface area contributed by atoms with Crippen LogP contribution in [0.4, 0.5) is 10.6 Å². The van der Waals surface area contributed by atoms with Gasteiger partial charge < -0.3 is 34.6 Å². The third-order valence-electron chi connectivity index (χ3n) is 4.47. The van der Waals surface area contributed by atoms with Crippen LogP contribution in [0.1, 0.15) is 20.1 Å². The largest absolute Gasteiger partial charge is 0.509 e. The van der Waals surface area contributed by atoms with Crippen molar-refractivity contribution in [1.29, 1.82) is 0 Å². The maximum Gasteiger partial charge on any atom is 0.509 e. The molecule has 0 unspecified atom stereocenters. The quantitative estimate of drug-likeness (QED) is 0.238. The van der Waals surface area contributed by atoms with E-state index in [-0.39, 0.29) is 18.3 Å². The summed E-state index contributed by atoms with van der Waals surface area (Å²) in [4.78, 5) is 55.8. The smallest absolute Gasteiger partial charge is 0.462 e. The predicted octanol–water partition coefficient (Wildman–Crippen LogP) is -1.57. The van der Waals surface area contributed by atoms with Gasteiger partial charge in [-0.2, -0.15) is 4.98 Å². The molecule has 5 atom stereocenters. The lowest BCUT2D eigenvalue weighted by Crippen LogP contribution is -2.39. The minimum Gasteiger partial charge on any atom is -0.462 e. The van der Waals surface area contributed by atoms with Gasteiger partial charge in [-0.25, -0.2) is 19.9 Å². The van der Waals surface area contributed by atoms with Crippen molar-refractivity contribution in [3.63, 3.8) is 0 Å². The Kier molecular flexibility index (Phi) is 6.72. The zero-order valence-electron chi connectivity index (χ0n) is 16.6. The van der Waals surface area contributed by atoms with Crippen LogP contribution < -0.4 is 16.9 Å². The zero-order valence-corrected chi connectivity index (χ0v) is 16.6. The molecule has 2 fully saturated rings. The van der Waals surface area contributed by atoms with Crippen LogP contribution >= 0.6 is 0 Å². The molecule has 2 saturated heterocycles. The van der Waals surface area contributed by atoms with E-state index in [2.05, 4.69) is 10.5 Å². The second-order valence-electron chi connectivity index (χ2n) is 7.08. The molecule has 3 heterocycles. The lowest BCUT2D eigenvalue weighted by molar-refractivity contribution is -0.153. The topological polar surface area (TPSA) is 191 Å². The van der Waals surface area contributed by atoms with E-state index in [9.17, 15) is 19.2 Å². The lowest BCUT2D eigenvalue weighted by Gasteiger charge is -2.19. The van der Waals surface area contributed by atoms with Crippen molar-refractivity contribution in [2.45, 2.75) is 44.4 Å². The molecule has 2 aliphatic heterocycles. The summed E-state index contributed by atoms with van der Waals surface area (Å²) in [7, 11) is 0. The molecule has 4 N–H and O–H groups in total. The summed E-state index contributed by atoms with van der Waals surface area (Å²) in [6, 6.07) is 0.116. The van der Waals surface area contributed by atoms with Crippen LogP contribution in [0.3, 0.4) is 0 Å². The van der Waals surface area contributed by atoms with Crippen LogP contribution in [0.25, 0.3) is 0 Å². The number of nitrogens with one attached hydrogen (secondary N) is 1. The van der Waals surface area contributed by atoms with Crippen molar-refractivity contribution in [2.24, 2.45) is 11.7 Å². The maximum absolute atomic E-state index is 12.5. The summed E-state index contributed by atoms with van der Waals surface area (Å²) in [5, 5.41) is 8.90. The number of hydrogen-bond acceptors (Lipinski definition) is 13. The number of rotatable bonds is 8. The molecule has 14 heteroatoms. The molecule has 0 aliphatic carbocycles. The highest BCUT2D eigenvalue weighted by molar-refractivity contribution is 5.75.